The van der Waals surface area contributed by atoms with Gasteiger partial charge in [-0.05, 0) is 150 Å². The smallest absolute Gasteiger partial charge is 0.333 e. The number of nitrogens with zero attached hydrogens (tertiary/aromatic N) is 3. The number of rotatable bonds is 5. The van der Waals surface area contributed by atoms with E-state index >= 15 is 0 Å². The number of furan rings is 1. The number of fused-ring (bicyclic) bond motifs is 8. The van der Waals surface area contributed by atoms with Crippen molar-refractivity contribution in [1.29, 1.82) is 0 Å². The largest absolute Gasteiger partial charge is 0.454 e. The van der Waals surface area contributed by atoms with Crippen molar-refractivity contribution in [2.75, 3.05) is 14.6 Å². The third-order valence-corrected chi connectivity index (χ3v) is 15.6. The number of para-hydroxylation sites is 1. The molecule has 0 amide bonds. The Kier molecular flexibility index (Phi) is 11.1. The Morgan fingerprint density at radius 1 is 0.397 bits per heavy atom. The summed E-state index contributed by atoms with van der Waals surface area (Å²) < 4.78 is 7.16. The van der Waals surface area contributed by atoms with E-state index in [2.05, 4.69) is 282 Å². The second-order valence-electron chi connectivity index (χ2n) is 26.0. The normalized spacial score (nSPS) is 13.9. The van der Waals surface area contributed by atoms with Crippen LogP contribution in [0.25, 0.3) is 33.1 Å². The van der Waals surface area contributed by atoms with Gasteiger partial charge >= 0.3 is 6.85 Å². The lowest BCUT2D eigenvalue weighted by molar-refractivity contribution is 0.590. The van der Waals surface area contributed by atoms with Crippen molar-refractivity contribution in [1.82, 2.24) is 0 Å². The summed E-state index contributed by atoms with van der Waals surface area (Å²) in [5, 5.41) is 2.24. The first-order valence-corrected chi connectivity index (χ1v) is 26.4. The Hall–Kier alpha value is -6.98. The molecule has 3 heterocycles. The third-order valence-electron chi connectivity index (χ3n) is 15.6. The minimum absolute atomic E-state index is 0.00440. The molecule has 8 aromatic carbocycles. The predicted molar refractivity (Wildman–Crippen MR) is 316 cm³/mol. The number of hydrogen-bond acceptors (Lipinski definition) is 4. The quantitative estimate of drug-likeness (QED) is 0.160. The Morgan fingerprint density at radius 2 is 0.877 bits per heavy atom. The molecular weight excluding hydrogens is 886 g/mol. The van der Waals surface area contributed by atoms with E-state index in [1.807, 2.05) is 0 Å². The maximum atomic E-state index is 7.16. The first kappa shape index (κ1) is 48.3. The van der Waals surface area contributed by atoms with E-state index in [0.717, 1.165) is 67.3 Å². The average Bonchev–Trinajstić information content (AvgIpc) is 3.72. The molecule has 0 saturated carbocycles. The van der Waals surface area contributed by atoms with Crippen LogP contribution in [0.15, 0.2) is 168 Å². The Balaban J connectivity index is 1.28. The van der Waals surface area contributed by atoms with Crippen LogP contribution in [0.2, 0.25) is 0 Å². The van der Waals surface area contributed by atoms with Crippen LogP contribution < -0.4 is 25.5 Å². The zero-order chi connectivity index (χ0) is 51.7. The fourth-order valence-electron chi connectivity index (χ4n) is 11.3. The van der Waals surface area contributed by atoms with E-state index in [4.69, 9.17) is 4.42 Å². The second-order valence-corrected chi connectivity index (χ2v) is 26.0. The lowest BCUT2D eigenvalue weighted by Gasteiger charge is -2.46. The van der Waals surface area contributed by atoms with Crippen molar-refractivity contribution >= 4 is 85.2 Å². The summed E-state index contributed by atoms with van der Waals surface area (Å²) in [6, 6.07) is 62.6. The summed E-state index contributed by atoms with van der Waals surface area (Å²) >= 11 is 0. The molecule has 0 saturated heterocycles. The van der Waals surface area contributed by atoms with Gasteiger partial charge in [0.1, 0.15) is 5.58 Å². The van der Waals surface area contributed by atoms with Crippen molar-refractivity contribution in [3.05, 3.63) is 192 Å². The third kappa shape index (κ3) is 8.34. The highest BCUT2D eigenvalue weighted by Gasteiger charge is 2.47. The highest BCUT2D eigenvalue weighted by Crippen LogP contribution is 2.53. The van der Waals surface area contributed by atoms with E-state index in [1.165, 1.54) is 50.0 Å². The molecule has 0 radical (unpaired) electrons. The topological polar surface area (TPSA) is 22.9 Å². The van der Waals surface area contributed by atoms with E-state index in [0.29, 0.717) is 0 Å². The molecular formula is C68H72BN3O. The number of anilines is 8. The number of hydrogen-bond donors (Lipinski definition) is 0. The van der Waals surface area contributed by atoms with E-state index in [1.54, 1.807) is 0 Å². The zero-order valence-electron chi connectivity index (χ0n) is 45.9. The van der Waals surface area contributed by atoms with Crippen molar-refractivity contribution < 1.29 is 4.42 Å². The van der Waals surface area contributed by atoms with Crippen LogP contribution >= 0.6 is 0 Å². The molecule has 0 spiro atoms. The first-order chi connectivity index (χ1) is 34.4. The van der Waals surface area contributed by atoms with Gasteiger partial charge in [-0.3, -0.25) is 0 Å². The molecule has 0 atom stereocenters. The van der Waals surface area contributed by atoms with Crippen molar-refractivity contribution in [3.63, 3.8) is 0 Å². The molecule has 0 bridgehead atoms. The summed E-state index contributed by atoms with van der Waals surface area (Å²) in [4.78, 5) is 7.65. The van der Waals surface area contributed by atoms with Gasteiger partial charge in [-0.25, -0.2) is 0 Å². The van der Waals surface area contributed by atoms with Crippen LogP contribution in [0.1, 0.15) is 132 Å². The maximum Gasteiger partial charge on any atom is 0.333 e. The Labute approximate surface area is 435 Å². The van der Waals surface area contributed by atoms with Crippen molar-refractivity contribution in [3.8, 4) is 11.1 Å². The molecule has 9 aromatic rings. The molecule has 5 heteroatoms. The molecule has 0 fully saturated rings. The summed E-state index contributed by atoms with van der Waals surface area (Å²) in [6.45, 7) is 34.3. The van der Waals surface area contributed by atoms with Crippen molar-refractivity contribution in [2.24, 2.45) is 0 Å². The predicted octanol–water partition coefficient (Wildman–Crippen LogP) is 18.3. The summed E-state index contributed by atoms with van der Waals surface area (Å²) in [5.41, 5.74) is 22.1. The van der Waals surface area contributed by atoms with Gasteiger partial charge in [-0.15, -0.1) is 0 Å². The summed E-state index contributed by atoms with van der Waals surface area (Å²) in [7, 11) is 0. The lowest BCUT2D eigenvalue weighted by Crippen LogP contribution is -2.61. The molecule has 11 rings (SSSR count). The van der Waals surface area contributed by atoms with Crippen LogP contribution in [0.5, 0.6) is 0 Å². The van der Waals surface area contributed by atoms with Gasteiger partial charge in [0.05, 0.1) is 5.69 Å². The molecule has 368 valence electrons. The molecule has 0 aliphatic carbocycles. The molecule has 73 heavy (non-hydrogen) atoms. The zero-order valence-corrected chi connectivity index (χ0v) is 45.9. The van der Waals surface area contributed by atoms with Crippen LogP contribution in [-0.4, -0.2) is 6.85 Å². The first-order valence-electron chi connectivity index (χ1n) is 26.4. The second kappa shape index (κ2) is 16.8. The van der Waals surface area contributed by atoms with Gasteiger partial charge in [-0.1, -0.05) is 189 Å². The van der Waals surface area contributed by atoms with Gasteiger partial charge in [0, 0.05) is 56.1 Å². The Bertz CT molecular complexity index is 3510. The van der Waals surface area contributed by atoms with Gasteiger partial charge in [0.25, 0.3) is 0 Å². The minimum Gasteiger partial charge on any atom is -0.454 e. The maximum absolute atomic E-state index is 7.16. The molecule has 2 aliphatic heterocycles. The SMILES string of the molecule is CC(C)(C)c1ccc(N2B3c4cc(C(C)(C)C)ccc4N(c4ccc(C(C)(C)C)cc4)c4cc(N(c5ccc(C(C)(C)C)cc5)c5ccc(C(C)(C)C)cc5)cc(c43)-c3ccc4c(oc5ccccc54)c32)cc1. The Morgan fingerprint density at radius 3 is 1.40 bits per heavy atom. The minimum atomic E-state index is -0.209. The molecule has 0 N–H and O–H groups in total. The van der Waals surface area contributed by atoms with E-state index < -0.39 is 0 Å². The summed E-state index contributed by atoms with van der Waals surface area (Å²) in [5.74, 6) is 0. The van der Waals surface area contributed by atoms with Gasteiger partial charge in [0.15, 0.2) is 5.58 Å². The molecule has 4 nitrogen and oxygen atoms in total. The van der Waals surface area contributed by atoms with Crippen LogP contribution in [0.3, 0.4) is 0 Å². The molecule has 1 aromatic heterocycles. The fraction of sp³-hybridized carbons (Fsp3) is 0.294. The highest BCUT2D eigenvalue weighted by molar-refractivity contribution is 6.94. The van der Waals surface area contributed by atoms with Gasteiger partial charge < -0.3 is 19.0 Å². The fourth-order valence-corrected chi connectivity index (χ4v) is 11.3. The highest BCUT2D eigenvalue weighted by atomic mass is 16.3. The monoisotopic (exact) mass is 958 g/mol. The van der Waals surface area contributed by atoms with E-state index in [9.17, 15) is 0 Å². The molecule has 2 aliphatic rings. The van der Waals surface area contributed by atoms with Gasteiger partial charge in [-0.2, -0.15) is 0 Å². The van der Waals surface area contributed by atoms with Gasteiger partial charge in [0.2, 0.25) is 0 Å². The molecule has 0 unspecified atom stereocenters. The average molecular weight is 958 g/mol. The van der Waals surface area contributed by atoms with Crippen LogP contribution in [0.4, 0.5) is 45.5 Å². The summed E-state index contributed by atoms with van der Waals surface area (Å²) in [6.07, 6.45) is 0. The van der Waals surface area contributed by atoms with E-state index in [-0.39, 0.29) is 33.9 Å². The lowest BCUT2D eigenvalue weighted by atomic mass is 9.43. The van der Waals surface area contributed by atoms with Crippen LogP contribution in [0, 0.1) is 0 Å². The van der Waals surface area contributed by atoms with Crippen LogP contribution in [-0.2, 0) is 27.1 Å². The number of benzene rings is 8. The van der Waals surface area contributed by atoms with Crippen molar-refractivity contribution in [2.45, 2.75) is 131 Å². The standard InChI is InChI=1S/C68H72BN3O/c1-64(2,3)43-20-29-48(30-21-43)70(49-31-22-44(23-32-49)65(4,5)6)52-41-56-54-37-38-55-53-18-16-17-19-60(53)73-63(55)62(54)72(51-35-26-46(27-36-51)67(10,11)12)69-57-40-47(68(13,14)15)28-39-58(57)71(59(42-52)61(56)69)50-33-24-45(25-34-50)66(7,8)9/h16-42H,1-15H3.